The molecule has 112 valence electrons. The fraction of sp³-hybridized carbons (Fsp3) is 0.385. The van der Waals surface area contributed by atoms with E-state index in [4.69, 9.17) is 5.11 Å². The maximum absolute atomic E-state index is 12.1. The van der Waals surface area contributed by atoms with Crippen LogP contribution in [0.3, 0.4) is 0 Å². The minimum atomic E-state index is -1.08. The molecule has 0 saturated heterocycles. The number of hydrogen-bond acceptors (Lipinski definition) is 5. The number of aromatic nitrogens is 3. The maximum Gasteiger partial charge on any atom is 0.338 e. The number of nitrogens with zero attached hydrogens (tertiary/aromatic N) is 2. The fourth-order valence-electron chi connectivity index (χ4n) is 1.62. The van der Waals surface area contributed by atoms with Crippen molar-refractivity contribution in [1.29, 1.82) is 0 Å². The standard InChI is InChI=1S/C13H16N4O3S/c1-6-5-7(11(19)20)10(21-6)15-9(18)8-14-12(17-16-8)13(2,3)4/h5H,1-4H3,(H,15,18)(H,19,20)(H,14,16,17). The number of carboxylic acid groups (broad SMARTS) is 1. The highest BCUT2D eigenvalue weighted by Crippen LogP contribution is 2.28. The van der Waals surface area contributed by atoms with Crippen LogP contribution >= 0.6 is 11.3 Å². The van der Waals surface area contributed by atoms with Crippen molar-refractivity contribution in [3.8, 4) is 0 Å². The van der Waals surface area contributed by atoms with Gasteiger partial charge in [-0.25, -0.2) is 9.78 Å². The van der Waals surface area contributed by atoms with Crippen molar-refractivity contribution in [3.63, 3.8) is 0 Å². The van der Waals surface area contributed by atoms with Crippen molar-refractivity contribution in [2.75, 3.05) is 5.32 Å². The number of nitrogens with one attached hydrogen (secondary N) is 2. The lowest BCUT2D eigenvalue weighted by Crippen LogP contribution is -2.16. The van der Waals surface area contributed by atoms with Crippen molar-refractivity contribution in [3.05, 3.63) is 28.2 Å². The number of H-pyrrole nitrogens is 1. The average molecular weight is 308 g/mol. The molecule has 0 spiro atoms. The van der Waals surface area contributed by atoms with Crippen LogP contribution in [0.5, 0.6) is 0 Å². The van der Waals surface area contributed by atoms with Crippen LogP contribution in [0.1, 0.15) is 52.4 Å². The van der Waals surface area contributed by atoms with E-state index in [1.165, 1.54) is 17.4 Å². The van der Waals surface area contributed by atoms with Gasteiger partial charge in [0.05, 0.1) is 5.56 Å². The van der Waals surface area contributed by atoms with E-state index in [2.05, 4.69) is 20.5 Å². The van der Waals surface area contributed by atoms with Crippen molar-refractivity contribution in [1.82, 2.24) is 15.2 Å². The monoisotopic (exact) mass is 308 g/mol. The number of rotatable bonds is 3. The van der Waals surface area contributed by atoms with E-state index in [9.17, 15) is 9.59 Å². The van der Waals surface area contributed by atoms with Gasteiger partial charge in [0.25, 0.3) is 5.91 Å². The second-order valence-corrected chi connectivity index (χ2v) is 6.87. The van der Waals surface area contributed by atoms with E-state index in [1.807, 2.05) is 20.8 Å². The Labute approximate surface area is 125 Å². The van der Waals surface area contributed by atoms with Gasteiger partial charge >= 0.3 is 5.97 Å². The van der Waals surface area contributed by atoms with Gasteiger partial charge in [-0.1, -0.05) is 20.8 Å². The zero-order chi connectivity index (χ0) is 15.8. The predicted molar refractivity (Wildman–Crippen MR) is 79.1 cm³/mol. The lowest BCUT2D eigenvalue weighted by molar-refractivity contribution is 0.0698. The first-order chi connectivity index (χ1) is 9.68. The Morgan fingerprint density at radius 2 is 2.05 bits per heavy atom. The van der Waals surface area contributed by atoms with Crippen LogP contribution in [0.15, 0.2) is 6.07 Å². The molecule has 2 aromatic rings. The molecule has 2 heterocycles. The van der Waals surface area contributed by atoms with Crippen LogP contribution in [0.2, 0.25) is 0 Å². The third kappa shape index (κ3) is 3.27. The molecule has 0 radical (unpaired) electrons. The van der Waals surface area contributed by atoms with E-state index in [0.29, 0.717) is 5.82 Å². The summed E-state index contributed by atoms with van der Waals surface area (Å²) in [7, 11) is 0. The summed E-state index contributed by atoms with van der Waals surface area (Å²) in [5.74, 6) is -1.04. The van der Waals surface area contributed by atoms with Crippen LogP contribution in [-0.4, -0.2) is 32.2 Å². The molecule has 0 aromatic carbocycles. The molecule has 2 rings (SSSR count). The van der Waals surface area contributed by atoms with Gasteiger partial charge < -0.3 is 10.4 Å². The van der Waals surface area contributed by atoms with Gasteiger partial charge in [0.2, 0.25) is 5.82 Å². The second-order valence-electron chi connectivity index (χ2n) is 5.62. The molecule has 0 unspecified atom stereocenters. The van der Waals surface area contributed by atoms with Gasteiger partial charge in [-0.2, -0.15) is 0 Å². The third-order valence-electron chi connectivity index (χ3n) is 2.71. The minimum absolute atomic E-state index is 0.0117. The highest BCUT2D eigenvalue weighted by Gasteiger charge is 2.23. The number of thiophene rings is 1. The van der Waals surface area contributed by atoms with E-state index >= 15 is 0 Å². The number of aryl methyl sites for hydroxylation is 1. The molecular weight excluding hydrogens is 292 g/mol. The first kappa shape index (κ1) is 15.2. The molecule has 7 nitrogen and oxygen atoms in total. The molecule has 1 amide bonds. The number of aromatic carboxylic acids is 1. The normalized spacial score (nSPS) is 11.4. The summed E-state index contributed by atoms with van der Waals surface area (Å²) in [5, 5.41) is 18.5. The number of carbonyl (C=O) groups is 2. The number of carboxylic acids is 1. The quantitative estimate of drug-likeness (QED) is 0.807. The Morgan fingerprint density at radius 1 is 1.38 bits per heavy atom. The van der Waals surface area contributed by atoms with Gasteiger partial charge in [0.1, 0.15) is 10.8 Å². The van der Waals surface area contributed by atoms with Crippen molar-refractivity contribution < 1.29 is 14.7 Å². The molecule has 2 aromatic heterocycles. The molecule has 21 heavy (non-hydrogen) atoms. The molecule has 0 bridgehead atoms. The van der Waals surface area contributed by atoms with Crippen LogP contribution in [0, 0.1) is 6.92 Å². The average Bonchev–Trinajstić information content (AvgIpc) is 2.94. The maximum atomic E-state index is 12.1. The highest BCUT2D eigenvalue weighted by molar-refractivity contribution is 7.16. The molecule has 8 heteroatoms. The van der Waals surface area contributed by atoms with Crippen molar-refractivity contribution >= 4 is 28.2 Å². The number of aromatic amines is 1. The number of amides is 1. The van der Waals surface area contributed by atoms with Crippen LogP contribution in [0.25, 0.3) is 0 Å². The van der Waals surface area contributed by atoms with E-state index in [-0.39, 0.29) is 21.8 Å². The number of anilines is 1. The fourth-order valence-corrected chi connectivity index (χ4v) is 2.52. The Bertz CT molecular complexity index is 697. The van der Waals surface area contributed by atoms with Gasteiger partial charge in [0, 0.05) is 10.3 Å². The Kier molecular flexibility index (Phi) is 3.82. The first-order valence-corrected chi connectivity index (χ1v) is 7.08. The Morgan fingerprint density at radius 3 is 2.57 bits per heavy atom. The molecule has 0 aliphatic carbocycles. The molecular formula is C13H16N4O3S. The van der Waals surface area contributed by atoms with Gasteiger partial charge in [0.15, 0.2) is 0 Å². The summed E-state index contributed by atoms with van der Waals surface area (Å²) in [5.41, 5.74) is -0.186. The summed E-state index contributed by atoms with van der Waals surface area (Å²) in [4.78, 5) is 28.1. The lowest BCUT2D eigenvalue weighted by Gasteiger charge is -2.12. The third-order valence-corrected chi connectivity index (χ3v) is 3.68. The van der Waals surface area contributed by atoms with E-state index < -0.39 is 11.9 Å². The smallest absolute Gasteiger partial charge is 0.338 e. The molecule has 0 atom stereocenters. The largest absolute Gasteiger partial charge is 0.478 e. The zero-order valence-electron chi connectivity index (χ0n) is 12.1. The first-order valence-electron chi connectivity index (χ1n) is 6.26. The van der Waals surface area contributed by atoms with Crippen LogP contribution < -0.4 is 5.32 Å². The molecule has 0 saturated carbocycles. The second kappa shape index (κ2) is 5.28. The van der Waals surface area contributed by atoms with E-state index in [0.717, 1.165) is 4.88 Å². The molecule has 0 aliphatic heterocycles. The summed E-state index contributed by atoms with van der Waals surface area (Å²) < 4.78 is 0. The summed E-state index contributed by atoms with van der Waals surface area (Å²) >= 11 is 1.20. The van der Waals surface area contributed by atoms with Crippen LogP contribution in [-0.2, 0) is 5.41 Å². The molecule has 3 N–H and O–H groups in total. The highest BCUT2D eigenvalue weighted by atomic mass is 32.1. The van der Waals surface area contributed by atoms with Crippen LogP contribution in [0.4, 0.5) is 5.00 Å². The number of carbonyl (C=O) groups excluding carboxylic acids is 1. The predicted octanol–water partition coefficient (Wildman–Crippen LogP) is 2.42. The summed E-state index contributed by atoms with van der Waals surface area (Å²) in [6.45, 7) is 7.61. The SMILES string of the molecule is Cc1cc(C(=O)O)c(NC(=O)c2n[nH]c(C(C)(C)C)n2)s1. The summed E-state index contributed by atoms with van der Waals surface area (Å²) in [6, 6.07) is 1.52. The Balaban J connectivity index is 2.22. The van der Waals surface area contributed by atoms with Gasteiger partial charge in [-0.05, 0) is 13.0 Å². The minimum Gasteiger partial charge on any atom is -0.478 e. The molecule has 0 aliphatic rings. The van der Waals surface area contributed by atoms with Crippen molar-refractivity contribution in [2.24, 2.45) is 0 Å². The zero-order valence-corrected chi connectivity index (χ0v) is 13.0. The lowest BCUT2D eigenvalue weighted by atomic mass is 9.96. The van der Waals surface area contributed by atoms with Gasteiger partial charge in [-0.15, -0.1) is 16.4 Å². The number of hydrogen-bond donors (Lipinski definition) is 3. The Hall–Kier alpha value is -2.22. The molecule has 0 fully saturated rings. The van der Waals surface area contributed by atoms with Gasteiger partial charge in [-0.3, -0.25) is 9.89 Å². The van der Waals surface area contributed by atoms with E-state index in [1.54, 1.807) is 6.92 Å². The topological polar surface area (TPSA) is 108 Å². The van der Waals surface area contributed by atoms with Crippen molar-refractivity contribution in [2.45, 2.75) is 33.1 Å². The summed E-state index contributed by atoms with van der Waals surface area (Å²) in [6.07, 6.45) is 0.